The van der Waals surface area contributed by atoms with Crippen LogP contribution < -0.4 is 4.74 Å². The molecule has 2 rings (SSSR count). The third kappa shape index (κ3) is 3.53. The second-order valence-electron chi connectivity index (χ2n) is 5.42. The van der Waals surface area contributed by atoms with Crippen LogP contribution in [0, 0.1) is 0 Å². The Morgan fingerprint density at radius 3 is 2.36 bits per heavy atom. The first-order chi connectivity index (χ1) is 10.4. The molecule has 1 aromatic rings. The molecule has 1 fully saturated rings. The highest BCUT2D eigenvalue weighted by molar-refractivity contribution is 7.89. The number of methoxy groups -OCH3 is 1. The Hall–Kier alpha value is -0.490. The van der Waals surface area contributed by atoms with Crippen LogP contribution in [0.15, 0.2) is 17.0 Å². The summed E-state index contributed by atoms with van der Waals surface area (Å²) < 4.78 is 32.6. The number of halogens is 2. The number of nitrogens with zero attached hydrogens (tertiary/aromatic N) is 1. The summed E-state index contributed by atoms with van der Waals surface area (Å²) in [6.45, 7) is 2.28. The van der Waals surface area contributed by atoms with Crippen molar-refractivity contribution in [2.24, 2.45) is 0 Å². The van der Waals surface area contributed by atoms with E-state index in [2.05, 4.69) is 0 Å². The van der Waals surface area contributed by atoms with Gasteiger partial charge in [-0.3, -0.25) is 0 Å². The molecule has 7 heteroatoms. The summed E-state index contributed by atoms with van der Waals surface area (Å²) in [4.78, 5) is 0.0485. The molecule has 0 atom stereocenters. The monoisotopic (exact) mass is 365 g/mol. The number of hydrogen-bond donors (Lipinski definition) is 0. The zero-order valence-corrected chi connectivity index (χ0v) is 15.1. The first-order valence-corrected chi connectivity index (χ1v) is 9.66. The van der Waals surface area contributed by atoms with Crippen molar-refractivity contribution in [2.75, 3.05) is 13.7 Å². The van der Waals surface area contributed by atoms with Crippen molar-refractivity contribution in [1.29, 1.82) is 0 Å². The molecule has 1 aliphatic rings. The second-order valence-corrected chi connectivity index (χ2v) is 8.09. The van der Waals surface area contributed by atoms with Crippen molar-refractivity contribution >= 4 is 33.2 Å². The van der Waals surface area contributed by atoms with Crippen LogP contribution >= 0.6 is 23.2 Å². The summed E-state index contributed by atoms with van der Waals surface area (Å²) in [7, 11) is -2.20. The lowest BCUT2D eigenvalue weighted by Gasteiger charge is -2.32. The molecule has 0 heterocycles. The minimum atomic E-state index is -3.67. The first-order valence-electron chi connectivity index (χ1n) is 7.46. The zero-order chi connectivity index (χ0) is 16.3. The van der Waals surface area contributed by atoms with E-state index in [9.17, 15) is 8.42 Å². The van der Waals surface area contributed by atoms with Gasteiger partial charge in [-0.05, 0) is 18.9 Å². The van der Waals surface area contributed by atoms with E-state index < -0.39 is 10.0 Å². The minimum Gasteiger partial charge on any atom is -0.495 e. The van der Waals surface area contributed by atoms with E-state index in [0.717, 1.165) is 25.7 Å². The maximum Gasteiger partial charge on any atom is 0.244 e. The second kappa shape index (κ2) is 7.39. The molecule has 0 saturated heterocycles. The summed E-state index contributed by atoms with van der Waals surface area (Å²) in [5.41, 5.74) is 0. The Balaban J connectivity index is 2.41. The van der Waals surface area contributed by atoms with Crippen LogP contribution in [-0.2, 0) is 10.0 Å². The fourth-order valence-corrected chi connectivity index (χ4v) is 5.50. The zero-order valence-electron chi connectivity index (χ0n) is 12.8. The van der Waals surface area contributed by atoms with Gasteiger partial charge in [0.05, 0.1) is 17.2 Å². The number of benzene rings is 1. The lowest BCUT2D eigenvalue weighted by atomic mass is 9.95. The van der Waals surface area contributed by atoms with E-state index in [0.29, 0.717) is 12.3 Å². The van der Waals surface area contributed by atoms with E-state index >= 15 is 0 Å². The van der Waals surface area contributed by atoms with Gasteiger partial charge < -0.3 is 4.74 Å². The summed E-state index contributed by atoms with van der Waals surface area (Å²) in [5, 5.41) is 0.376. The van der Waals surface area contributed by atoms with Gasteiger partial charge >= 0.3 is 0 Å². The molecule has 0 N–H and O–H groups in total. The molecule has 0 spiro atoms. The van der Waals surface area contributed by atoms with Crippen molar-refractivity contribution in [1.82, 2.24) is 4.31 Å². The molecule has 1 aliphatic carbocycles. The van der Waals surface area contributed by atoms with Gasteiger partial charge in [0.1, 0.15) is 10.6 Å². The summed E-state index contributed by atoms with van der Waals surface area (Å²) in [5.74, 6) is 0.367. The van der Waals surface area contributed by atoms with Crippen LogP contribution in [0.4, 0.5) is 0 Å². The molecule has 0 amide bonds. The Morgan fingerprint density at radius 2 is 1.82 bits per heavy atom. The highest BCUT2D eigenvalue weighted by Crippen LogP contribution is 2.36. The fraction of sp³-hybridized carbons (Fsp3) is 0.600. The highest BCUT2D eigenvalue weighted by atomic mass is 35.5. The minimum absolute atomic E-state index is 0.0423. The molecule has 1 aromatic carbocycles. The van der Waals surface area contributed by atoms with Gasteiger partial charge in [-0.1, -0.05) is 49.4 Å². The molecule has 0 unspecified atom stereocenters. The summed E-state index contributed by atoms with van der Waals surface area (Å²) >= 11 is 12.2. The molecule has 4 nitrogen and oxygen atoms in total. The van der Waals surface area contributed by atoms with Gasteiger partial charge in [0.25, 0.3) is 0 Å². The number of sulfonamides is 1. The quantitative estimate of drug-likeness (QED) is 0.779. The van der Waals surface area contributed by atoms with E-state index in [4.69, 9.17) is 27.9 Å². The Morgan fingerprint density at radius 1 is 1.18 bits per heavy atom. The lowest BCUT2D eigenvalue weighted by Crippen LogP contribution is -2.41. The third-order valence-corrected chi connectivity index (χ3v) is 6.87. The first kappa shape index (κ1) is 17.9. The Bertz CT molecular complexity index is 628. The standard InChI is InChI=1S/C15H21Cl2NO3S/c1-3-18(11-7-5-4-6-8-11)22(19,20)15-10-12(16)14(21-2)9-13(15)17/h9-11H,3-8H2,1-2H3. The van der Waals surface area contributed by atoms with E-state index in [1.54, 1.807) is 4.31 Å². The molecule has 0 aromatic heterocycles. The smallest absolute Gasteiger partial charge is 0.244 e. The van der Waals surface area contributed by atoms with E-state index in [1.165, 1.54) is 25.7 Å². The van der Waals surface area contributed by atoms with Gasteiger partial charge in [-0.2, -0.15) is 4.31 Å². The molecule has 0 radical (unpaired) electrons. The molecule has 22 heavy (non-hydrogen) atoms. The predicted molar refractivity (Wildman–Crippen MR) is 89.5 cm³/mol. The summed E-state index contributed by atoms with van der Waals surface area (Å²) in [6.07, 6.45) is 5.09. The Labute approximate surface area is 142 Å². The normalized spacial score (nSPS) is 17.0. The van der Waals surface area contributed by atoms with Gasteiger partial charge in [-0.15, -0.1) is 0 Å². The topological polar surface area (TPSA) is 46.6 Å². The largest absolute Gasteiger partial charge is 0.495 e. The highest BCUT2D eigenvalue weighted by Gasteiger charge is 2.33. The molecule has 0 bridgehead atoms. The third-order valence-electron chi connectivity index (χ3n) is 4.09. The van der Waals surface area contributed by atoms with Crippen molar-refractivity contribution < 1.29 is 13.2 Å². The van der Waals surface area contributed by atoms with Crippen LogP contribution in [0.1, 0.15) is 39.0 Å². The van der Waals surface area contributed by atoms with Crippen LogP contribution in [0.5, 0.6) is 5.75 Å². The van der Waals surface area contributed by atoms with Crippen LogP contribution in [0.2, 0.25) is 10.0 Å². The lowest BCUT2D eigenvalue weighted by molar-refractivity contribution is 0.261. The van der Waals surface area contributed by atoms with Gasteiger partial charge in [0.2, 0.25) is 10.0 Å². The van der Waals surface area contributed by atoms with E-state index in [-0.39, 0.29) is 21.0 Å². The van der Waals surface area contributed by atoms with Gasteiger partial charge in [0.15, 0.2) is 0 Å². The fourth-order valence-electron chi connectivity index (χ4n) is 2.98. The SMILES string of the molecule is CCN(C1CCCCC1)S(=O)(=O)c1cc(Cl)c(OC)cc1Cl. The van der Waals surface area contributed by atoms with Crippen LogP contribution in [0.3, 0.4) is 0 Å². The molecular formula is C15H21Cl2NO3S. The molecule has 124 valence electrons. The molecule has 0 aliphatic heterocycles. The number of rotatable bonds is 5. The molecule has 1 saturated carbocycles. The molecular weight excluding hydrogens is 345 g/mol. The van der Waals surface area contributed by atoms with Crippen LogP contribution in [-0.4, -0.2) is 32.4 Å². The summed E-state index contributed by atoms with van der Waals surface area (Å²) in [6, 6.07) is 2.87. The average Bonchev–Trinajstić information content (AvgIpc) is 2.50. The number of ether oxygens (including phenoxy) is 1. The van der Waals surface area contributed by atoms with Crippen molar-refractivity contribution in [3.8, 4) is 5.75 Å². The van der Waals surface area contributed by atoms with Gasteiger partial charge in [-0.25, -0.2) is 8.42 Å². The van der Waals surface area contributed by atoms with Crippen molar-refractivity contribution in [3.05, 3.63) is 22.2 Å². The van der Waals surface area contributed by atoms with Crippen LogP contribution in [0.25, 0.3) is 0 Å². The Kier molecular flexibility index (Phi) is 6.00. The average molecular weight is 366 g/mol. The maximum absolute atomic E-state index is 13.0. The maximum atomic E-state index is 13.0. The van der Waals surface area contributed by atoms with Gasteiger partial charge in [0, 0.05) is 18.7 Å². The van der Waals surface area contributed by atoms with Crippen molar-refractivity contribution in [3.63, 3.8) is 0 Å². The van der Waals surface area contributed by atoms with E-state index in [1.807, 2.05) is 6.92 Å². The van der Waals surface area contributed by atoms with Crippen molar-refractivity contribution in [2.45, 2.75) is 50.0 Å². The predicted octanol–water partition coefficient (Wildman–Crippen LogP) is 4.35. The number of hydrogen-bond acceptors (Lipinski definition) is 3.